The molecule has 0 radical (unpaired) electrons. The summed E-state index contributed by atoms with van der Waals surface area (Å²) < 4.78 is 1.63. The number of aliphatic hydroxyl groups excluding tert-OH is 1. The minimum atomic E-state index is -1.04. The molecule has 3 aromatic rings. The van der Waals surface area contributed by atoms with Gasteiger partial charge in [0.2, 0.25) is 0 Å². The van der Waals surface area contributed by atoms with Crippen LogP contribution in [0.4, 0.5) is 0 Å². The van der Waals surface area contributed by atoms with Gasteiger partial charge in [-0.05, 0) is 18.2 Å². The van der Waals surface area contributed by atoms with Crippen LogP contribution in [0.2, 0.25) is 0 Å². The minimum absolute atomic E-state index is 0.0678. The summed E-state index contributed by atoms with van der Waals surface area (Å²) in [7, 11) is 0. The maximum absolute atomic E-state index is 11.6. The molecule has 0 amide bonds. The first kappa shape index (κ1) is 14.9. The number of hydrogen-bond acceptors (Lipinski definition) is 5. The monoisotopic (exact) mass is 339 g/mol. The first-order valence-electron chi connectivity index (χ1n) is 7.32. The number of hydrogen-bond donors (Lipinski definition) is 2. The molecule has 0 aliphatic carbocycles. The topological polar surface area (TPSA) is 88.2 Å². The molecule has 24 heavy (non-hydrogen) atoms. The van der Waals surface area contributed by atoms with Crippen molar-refractivity contribution in [1.82, 2.24) is 14.8 Å². The standard InChI is InChI=1S/C17H13N3O3S/c21-8-10-5-6-11(7-18-10)20-16-12-3-1-2-4-14(12)24-9-13(16)15(19-20)17(22)23/h1-7,21H,8-9H2,(H,22,23). The number of carbonyl (C=O) groups is 1. The van der Waals surface area contributed by atoms with Gasteiger partial charge in [-0.1, -0.05) is 18.2 Å². The Kier molecular flexibility index (Phi) is 3.59. The van der Waals surface area contributed by atoms with Crippen LogP contribution < -0.4 is 0 Å². The fourth-order valence-electron chi connectivity index (χ4n) is 2.80. The molecule has 1 aliphatic rings. The van der Waals surface area contributed by atoms with E-state index in [0.717, 1.165) is 21.7 Å². The highest BCUT2D eigenvalue weighted by Crippen LogP contribution is 2.43. The smallest absolute Gasteiger partial charge is 0.356 e. The van der Waals surface area contributed by atoms with Crippen molar-refractivity contribution in [2.45, 2.75) is 17.3 Å². The molecule has 0 fully saturated rings. The predicted octanol–water partition coefficient (Wildman–Crippen LogP) is 2.73. The first-order chi connectivity index (χ1) is 11.7. The van der Waals surface area contributed by atoms with Crippen molar-refractivity contribution in [3.8, 4) is 16.9 Å². The van der Waals surface area contributed by atoms with E-state index in [1.54, 1.807) is 34.8 Å². The van der Waals surface area contributed by atoms with E-state index in [1.807, 2.05) is 24.3 Å². The van der Waals surface area contributed by atoms with Gasteiger partial charge in [-0.15, -0.1) is 11.8 Å². The fraction of sp³-hybridized carbons (Fsp3) is 0.118. The number of rotatable bonds is 3. The van der Waals surface area contributed by atoms with Gasteiger partial charge in [0, 0.05) is 21.8 Å². The zero-order valence-corrected chi connectivity index (χ0v) is 13.3. The second kappa shape index (κ2) is 5.77. The summed E-state index contributed by atoms with van der Waals surface area (Å²) in [4.78, 5) is 16.9. The van der Waals surface area contributed by atoms with Gasteiger partial charge < -0.3 is 10.2 Å². The van der Waals surface area contributed by atoms with Gasteiger partial charge in [-0.2, -0.15) is 5.10 Å². The summed E-state index contributed by atoms with van der Waals surface area (Å²) in [5, 5.41) is 22.9. The van der Waals surface area contributed by atoms with Crippen LogP contribution in [0, 0.1) is 0 Å². The molecular formula is C17H13N3O3S. The van der Waals surface area contributed by atoms with Crippen LogP contribution in [-0.2, 0) is 12.4 Å². The highest BCUT2D eigenvalue weighted by Gasteiger charge is 2.29. The number of aromatic nitrogens is 3. The first-order valence-corrected chi connectivity index (χ1v) is 8.31. The molecule has 1 aliphatic heterocycles. The minimum Gasteiger partial charge on any atom is -0.476 e. The number of aromatic carboxylic acids is 1. The number of carboxylic acid groups (broad SMARTS) is 1. The predicted molar refractivity (Wildman–Crippen MR) is 89.2 cm³/mol. The van der Waals surface area contributed by atoms with E-state index in [2.05, 4.69) is 10.1 Å². The highest BCUT2D eigenvalue weighted by molar-refractivity contribution is 7.98. The van der Waals surface area contributed by atoms with Crippen molar-refractivity contribution < 1.29 is 15.0 Å². The largest absolute Gasteiger partial charge is 0.476 e. The Balaban J connectivity index is 1.97. The summed E-state index contributed by atoms with van der Waals surface area (Å²) in [5.41, 5.74) is 3.76. The van der Waals surface area contributed by atoms with Gasteiger partial charge in [-0.25, -0.2) is 9.48 Å². The van der Waals surface area contributed by atoms with Crippen LogP contribution in [-0.4, -0.2) is 30.9 Å². The molecule has 3 heterocycles. The van der Waals surface area contributed by atoms with Crippen molar-refractivity contribution in [3.63, 3.8) is 0 Å². The molecule has 1 aromatic carbocycles. The van der Waals surface area contributed by atoms with E-state index in [4.69, 9.17) is 5.11 Å². The lowest BCUT2D eigenvalue weighted by atomic mass is 10.1. The summed E-state index contributed by atoms with van der Waals surface area (Å²) in [6, 6.07) is 11.4. The molecule has 0 bridgehead atoms. The number of fused-ring (bicyclic) bond motifs is 3. The van der Waals surface area contributed by atoms with Crippen molar-refractivity contribution >= 4 is 17.7 Å². The maximum atomic E-state index is 11.6. The number of nitrogens with zero attached hydrogens (tertiary/aromatic N) is 3. The average molecular weight is 339 g/mol. The van der Waals surface area contributed by atoms with Gasteiger partial charge in [0.1, 0.15) is 0 Å². The van der Waals surface area contributed by atoms with Crippen molar-refractivity contribution in [1.29, 1.82) is 0 Å². The Labute approximate surface area is 141 Å². The van der Waals surface area contributed by atoms with Crippen LogP contribution in [0.1, 0.15) is 21.7 Å². The zero-order chi connectivity index (χ0) is 16.7. The van der Waals surface area contributed by atoms with Crippen LogP contribution in [0.3, 0.4) is 0 Å². The summed E-state index contributed by atoms with van der Waals surface area (Å²) in [5.74, 6) is -0.472. The molecule has 6 nitrogen and oxygen atoms in total. The van der Waals surface area contributed by atoms with E-state index < -0.39 is 5.97 Å². The molecule has 0 spiro atoms. The third kappa shape index (κ3) is 2.29. The molecule has 4 rings (SSSR count). The van der Waals surface area contributed by atoms with E-state index in [0.29, 0.717) is 17.1 Å². The van der Waals surface area contributed by atoms with Gasteiger partial charge in [0.05, 0.1) is 29.9 Å². The number of aliphatic hydroxyl groups is 1. The Morgan fingerprint density at radius 1 is 1.25 bits per heavy atom. The van der Waals surface area contributed by atoms with E-state index >= 15 is 0 Å². The molecule has 2 N–H and O–H groups in total. The molecule has 0 unspecified atom stereocenters. The van der Waals surface area contributed by atoms with E-state index in [-0.39, 0.29) is 12.3 Å². The summed E-state index contributed by atoms with van der Waals surface area (Å²) in [6.45, 7) is -0.142. The van der Waals surface area contributed by atoms with Gasteiger partial charge in [0.15, 0.2) is 5.69 Å². The molecular weight excluding hydrogens is 326 g/mol. The summed E-state index contributed by atoms with van der Waals surface area (Å²) >= 11 is 1.61. The van der Waals surface area contributed by atoms with Gasteiger partial charge in [0.25, 0.3) is 0 Å². The van der Waals surface area contributed by atoms with Crippen LogP contribution in [0.15, 0.2) is 47.5 Å². The average Bonchev–Trinajstić information content (AvgIpc) is 3.02. The van der Waals surface area contributed by atoms with E-state index in [1.165, 1.54) is 0 Å². The molecule has 120 valence electrons. The SMILES string of the molecule is O=C(O)c1nn(-c2ccc(CO)nc2)c2c1CSc1ccccc1-2. The second-order valence-electron chi connectivity index (χ2n) is 5.34. The third-order valence-electron chi connectivity index (χ3n) is 3.92. The normalized spacial score (nSPS) is 12.5. The van der Waals surface area contributed by atoms with Crippen molar-refractivity contribution in [2.24, 2.45) is 0 Å². The Morgan fingerprint density at radius 2 is 2.08 bits per heavy atom. The van der Waals surface area contributed by atoms with Crippen LogP contribution >= 0.6 is 11.8 Å². The number of thioether (sulfide) groups is 1. The maximum Gasteiger partial charge on any atom is 0.356 e. The molecule has 0 saturated carbocycles. The second-order valence-corrected chi connectivity index (χ2v) is 6.36. The van der Waals surface area contributed by atoms with E-state index in [9.17, 15) is 9.90 Å². The Morgan fingerprint density at radius 3 is 2.79 bits per heavy atom. The third-order valence-corrected chi connectivity index (χ3v) is 5.02. The van der Waals surface area contributed by atoms with Gasteiger partial charge >= 0.3 is 5.97 Å². The lowest BCUT2D eigenvalue weighted by Crippen LogP contribution is -2.04. The quantitative estimate of drug-likeness (QED) is 0.763. The molecule has 7 heteroatoms. The molecule has 0 saturated heterocycles. The van der Waals surface area contributed by atoms with Crippen LogP contribution in [0.5, 0.6) is 0 Å². The lowest BCUT2D eigenvalue weighted by molar-refractivity contribution is 0.0689. The Bertz CT molecular complexity index is 935. The number of carboxylic acids is 1. The molecule has 0 atom stereocenters. The highest BCUT2D eigenvalue weighted by atomic mass is 32.2. The van der Waals surface area contributed by atoms with Crippen molar-refractivity contribution in [3.05, 3.63) is 59.5 Å². The van der Waals surface area contributed by atoms with Gasteiger partial charge in [-0.3, -0.25) is 4.98 Å². The summed E-state index contributed by atoms with van der Waals surface area (Å²) in [6.07, 6.45) is 1.59. The number of pyridine rings is 1. The van der Waals surface area contributed by atoms with Crippen LogP contribution in [0.25, 0.3) is 16.9 Å². The zero-order valence-electron chi connectivity index (χ0n) is 12.5. The van der Waals surface area contributed by atoms with Crippen molar-refractivity contribution in [2.75, 3.05) is 0 Å². The number of benzene rings is 1. The molecule has 2 aromatic heterocycles. The lowest BCUT2D eigenvalue weighted by Gasteiger charge is -2.17. The Hall–Kier alpha value is -2.64. The fourth-order valence-corrected chi connectivity index (χ4v) is 3.86.